The molecule has 0 fully saturated rings. The minimum absolute atomic E-state index is 0. The molecule has 0 atom stereocenters. The largest absolute Gasteiger partial charge is 0.352 e. The lowest BCUT2D eigenvalue weighted by molar-refractivity contribution is 0.520. The Morgan fingerprint density at radius 2 is 1.69 bits per heavy atom. The topological polar surface area (TPSA) is 73.8 Å². The molecule has 0 saturated carbocycles. The highest BCUT2D eigenvalue weighted by Gasteiger charge is 2.16. The molecule has 1 heterocycles. The van der Waals surface area contributed by atoms with Gasteiger partial charge in [0.25, 0.3) is 0 Å². The van der Waals surface area contributed by atoms with Crippen LogP contribution in [0.15, 0.2) is 46.3 Å². The number of thiophene rings is 1. The zero-order valence-corrected chi connectivity index (χ0v) is 19.3. The van der Waals surface area contributed by atoms with Gasteiger partial charge in [0.1, 0.15) is 0 Å². The average Bonchev–Trinajstić information content (AvgIpc) is 3.00. The summed E-state index contributed by atoms with van der Waals surface area (Å²) in [4.78, 5) is 7.02. The molecular weight excluding hydrogens is 483 g/mol. The fraction of sp³-hybridized carbons (Fsp3) is 0.353. The van der Waals surface area contributed by atoms with Gasteiger partial charge in [0.2, 0.25) is 10.0 Å². The third kappa shape index (κ3) is 6.22. The Hall–Kier alpha value is -1.17. The number of aliphatic imine (C=N–C) groups is 1. The summed E-state index contributed by atoms with van der Waals surface area (Å²) in [5, 5.41) is 6.49. The number of hydrogen-bond donors (Lipinski definition) is 2. The molecule has 0 bridgehead atoms. The van der Waals surface area contributed by atoms with Gasteiger partial charge in [0, 0.05) is 37.4 Å². The third-order valence-corrected chi connectivity index (χ3v) is 6.44. The number of halogens is 1. The van der Waals surface area contributed by atoms with Gasteiger partial charge in [0.15, 0.2) is 5.96 Å². The van der Waals surface area contributed by atoms with Crippen LogP contribution in [0.2, 0.25) is 0 Å². The fourth-order valence-electron chi connectivity index (χ4n) is 2.15. The maximum atomic E-state index is 12.1. The van der Waals surface area contributed by atoms with E-state index >= 15 is 0 Å². The van der Waals surface area contributed by atoms with Gasteiger partial charge in [-0.05, 0) is 36.8 Å². The summed E-state index contributed by atoms with van der Waals surface area (Å²) in [6.45, 7) is 3.37. The van der Waals surface area contributed by atoms with E-state index in [1.165, 1.54) is 28.2 Å². The van der Waals surface area contributed by atoms with E-state index in [0.29, 0.717) is 12.5 Å². The lowest BCUT2D eigenvalue weighted by Gasteiger charge is -2.13. The first-order valence-electron chi connectivity index (χ1n) is 7.84. The van der Waals surface area contributed by atoms with Crippen LogP contribution >= 0.6 is 35.3 Å². The summed E-state index contributed by atoms with van der Waals surface area (Å²) in [6, 6.07) is 11.1. The van der Waals surface area contributed by atoms with Crippen LogP contribution < -0.4 is 10.6 Å². The Bertz CT molecular complexity index is 831. The summed E-state index contributed by atoms with van der Waals surface area (Å²) < 4.78 is 25.3. The van der Waals surface area contributed by atoms with Crippen LogP contribution in [0.4, 0.5) is 0 Å². The number of sulfonamides is 1. The number of rotatable bonds is 6. The highest BCUT2D eigenvalue weighted by Crippen LogP contribution is 2.15. The van der Waals surface area contributed by atoms with Crippen molar-refractivity contribution < 1.29 is 8.42 Å². The average molecular weight is 508 g/mol. The molecule has 0 aliphatic rings. The Morgan fingerprint density at radius 3 is 2.19 bits per heavy atom. The number of benzene rings is 1. The van der Waals surface area contributed by atoms with Crippen molar-refractivity contribution in [1.29, 1.82) is 0 Å². The standard InChI is InChI=1S/C17H24N4O2S2.HI/c1-13-5-8-15(24-13)12-20-17(18-2)19-11-14-6-9-16(10-7-14)25(22,23)21(3)4;/h5-10H,11-12H2,1-4H3,(H2,18,19,20);1H. The molecule has 0 amide bonds. The first-order valence-corrected chi connectivity index (χ1v) is 10.1. The first kappa shape index (κ1) is 22.9. The number of guanidine groups is 1. The summed E-state index contributed by atoms with van der Waals surface area (Å²) >= 11 is 1.75. The highest BCUT2D eigenvalue weighted by molar-refractivity contribution is 14.0. The van der Waals surface area contributed by atoms with Gasteiger partial charge in [-0.15, -0.1) is 35.3 Å². The number of nitrogens with zero attached hydrogens (tertiary/aromatic N) is 2. The minimum Gasteiger partial charge on any atom is -0.352 e. The van der Waals surface area contributed by atoms with Crippen LogP contribution in [0.5, 0.6) is 0 Å². The monoisotopic (exact) mass is 508 g/mol. The predicted molar refractivity (Wildman–Crippen MR) is 119 cm³/mol. The van der Waals surface area contributed by atoms with Crippen molar-refractivity contribution in [2.24, 2.45) is 4.99 Å². The van der Waals surface area contributed by atoms with Crippen molar-refractivity contribution in [3.63, 3.8) is 0 Å². The molecule has 2 rings (SSSR count). The van der Waals surface area contributed by atoms with E-state index in [9.17, 15) is 8.42 Å². The van der Waals surface area contributed by atoms with Crippen molar-refractivity contribution in [1.82, 2.24) is 14.9 Å². The molecule has 0 unspecified atom stereocenters. The SMILES string of the molecule is CN=C(NCc1ccc(S(=O)(=O)N(C)C)cc1)NCc1ccc(C)s1.I. The van der Waals surface area contributed by atoms with Gasteiger partial charge in [0.05, 0.1) is 11.4 Å². The zero-order valence-electron chi connectivity index (χ0n) is 15.3. The Morgan fingerprint density at radius 1 is 1.08 bits per heavy atom. The smallest absolute Gasteiger partial charge is 0.242 e. The number of hydrogen-bond acceptors (Lipinski definition) is 4. The molecule has 1 aromatic heterocycles. The molecular formula is C17H25IN4O2S2. The lowest BCUT2D eigenvalue weighted by Crippen LogP contribution is -2.36. The molecule has 0 saturated heterocycles. The Balaban J connectivity index is 0.00000338. The maximum absolute atomic E-state index is 12.1. The normalized spacial score (nSPS) is 12.0. The molecule has 9 heteroatoms. The van der Waals surface area contributed by atoms with E-state index in [-0.39, 0.29) is 28.9 Å². The molecule has 0 aliphatic heterocycles. The van der Waals surface area contributed by atoms with Gasteiger partial charge in [-0.25, -0.2) is 12.7 Å². The second-order valence-corrected chi connectivity index (χ2v) is 9.25. The second-order valence-electron chi connectivity index (χ2n) is 5.72. The summed E-state index contributed by atoms with van der Waals surface area (Å²) in [5.41, 5.74) is 0.979. The van der Waals surface area contributed by atoms with Crippen LogP contribution in [-0.2, 0) is 23.1 Å². The van der Waals surface area contributed by atoms with Crippen molar-refractivity contribution in [3.8, 4) is 0 Å². The van der Waals surface area contributed by atoms with Crippen molar-refractivity contribution in [2.45, 2.75) is 24.9 Å². The molecule has 1 aromatic carbocycles. The zero-order chi connectivity index (χ0) is 18.4. The Kier molecular flexibility index (Phi) is 9.01. The van der Waals surface area contributed by atoms with Crippen LogP contribution in [-0.4, -0.2) is 39.8 Å². The van der Waals surface area contributed by atoms with Crippen LogP contribution in [0.1, 0.15) is 15.3 Å². The van der Waals surface area contributed by atoms with Crippen LogP contribution in [0.3, 0.4) is 0 Å². The van der Waals surface area contributed by atoms with E-state index in [2.05, 4.69) is 34.7 Å². The fourth-order valence-corrected chi connectivity index (χ4v) is 3.88. The molecule has 0 aliphatic carbocycles. The number of nitrogens with one attached hydrogen (secondary N) is 2. The van der Waals surface area contributed by atoms with Gasteiger partial charge >= 0.3 is 0 Å². The van der Waals surface area contributed by atoms with Gasteiger partial charge in [-0.2, -0.15) is 0 Å². The predicted octanol–water partition coefficient (Wildman–Crippen LogP) is 2.79. The van der Waals surface area contributed by atoms with E-state index in [4.69, 9.17) is 0 Å². The summed E-state index contributed by atoms with van der Waals surface area (Å²) in [7, 11) is 1.38. The maximum Gasteiger partial charge on any atom is 0.242 e. The number of aryl methyl sites for hydroxylation is 1. The summed E-state index contributed by atoms with van der Waals surface area (Å²) in [6.07, 6.45) is 0. The molecule has 6 nitrogen and oxygen atoms in total. The minimum atomic E-state index is -3.39. The molecule has 0 radical (unpaired) electrons. The third-order valence-electron chi connectivity index (χ3n) is 3.61. The van der Waals surface area contributed by atoms with E-state index in [1.54, 1.807) is 42.6 Å². The van der Waals surface area contributed by atoms with Crippen LogP contribution in [0, 0.1) is 6.92 Å². The molecule has 2 aromatic rings. The van der Waals surface area contributed by atoms with Crippen molar-refractivity contribution in [3.05, 3.63) is 51.7 Å². The van der Waals surface area contributed by atoms with E-state index < -0.39 is 10.0 Å². The molecule has 26 heavy (non-hydrogen) atoms. The quantitative estimate of drug-likeness (QED) is 0.358. The highest BCUT2D eigenvalue weighted by atomic mass is 127. The van der Waals surface area contributed by atoms with Crippen molar-refractivity contribution in [2.75, 3.05) is 21.1 Å². The van der Waals surface area contributed by atoms with Crippen molar-refractivity contribution >= 4 is 51.3 Å². The van der Waals surface area contributed by atoms with E-state index in [0.717, 1.165) is 12.1 Å². The summed E-state index contributed by atoms with van der Waals surface area (Å²) in [5.74, 6) is 0.705. The molecule has 2 N–H and O–H groups in total. The molecule has 144 valence electrons. The van der Waals surface area contributed by atoms with Crippen LogP contribution in [0.25, 0.3) is 0 Å². The molecule has 0 spiro atoms. The van der Waals surface area contributed by atoms with Gasteiger partial charge in [-0.3, -0.25) is 4.99 Å². The van der Waals surface area contributed by atoms with E-state index in [1.807, 2.05) is 0 Å². The lowest BCUT2D eigenvalue weighted by atomic mass is 10.2. The van der Waals surface area contributed by atoms with Gasteiger partial charge in [-0.1, -0.05) is 12.1 Å². The second kappa shape index (κ2) is 10.2. The van der Waals surface area contributed by atoms with Gasteiger partial charge < -0.3 is 10.6 Å². The first-order chi connectivity index (χ1) is 11.8. The Labute approximate surface area is 176 Å².